The molecular formula is C9H12Br2N2O. The van der Waals surface area contributed by atoms with Crippen LogP contribution in [0.5, 0.6) is 0 Å². The highest BCUT2D eigenvalue weighted by Crippen LogP contribution is 2.29. The summed E-state index contributed by atoms with van der Waals surface area (Å²) in [4.78, 5) is 4.23. The van der Waals surface area contributed by atoms with Crippen LogP contribution in [0.3, 0.4) is 0 Å². The Morgan fingerprint density at radius 3 is 2.79 bits per heavy atom. The van der Waals surface area contributed by atoms with Gasteiger partial charge in [0.05, 0.1) is 11.7 Å². The molecule has 1 aromatic heterocycles. The Hall–Kier alpha value is 0.0300. The number of hydrogen-bond acceptors (Lipinski definition) is 3. The van der Waals surface area contributed by atoms with E-state index in [1.807, 2.05) is 6.92 Å². The maximum absolute atomic E-state index is 8.78. The van der Waals surface area contributed by atoms with Crippen molar-refractivity contribution in [3.05, 3.63) is 26.4 Å². The van der Waals surface area contributed by atoms with E-state index >= 15 is 0 Å². The van der Waals surface area contributed by atoms with Crippen LogP contribution in [0.4, 0.5) is 0 Å². The molecule has 1 atom stereocenters. The van der Waals surface area contributed by atoms with Gasteiger partial charge in [-0.3, -0.25) is 4.98 Å². The van der Waals surface area contributed by atoms with Crippen molar-refractivity contribution >= 4 is 31.9 Å². The number of rotatable bonds is 3. The van der Waals surface area contributed by atoms with Crippen molar-refractivity contribution in [3.8, 4) is 0 Å². The Kier molecular flexibility index (Phi) is 4.50. The zero-order chi connectivity index (χ0) is 10.7. The number of aliphatic hydroxyl groups is 1. The molecule has 0 spiro atoms. The van der Waals surface area contributed by atoms with Crippen LogP contribution in [-0.4, -0.2) is 16.7 Å². The van der Waals surface area contributed by atoms with E-state index in [9.17, 15) is 0 Å². The third kappa shape index (κ3) is 2.53. The van der Waals surface area contributed by atoms with Gasteiger partial charge < -0.3 is 10.8 Å². The fourth-order valence-corrected chi connectivity index (χ4v) is 2.29. The van der Waals surface area contributed by atoms with Crippen molar-refractivity contribution in [2.75, 3.05) is 6.61 Å². The van der Waals surface area contributed by atoms with Crippen LogP contribution in [-0.2, 0) is 0 Å². The van der Waals surface area contributed by atoms with E-state index in [0.29, 0.717) is 6.42 Å². The monoisotopic (exact) mass is 322 g/mol. The molecule has 0 unspecified atom stereocenters. The van der Waals surface area contributed by atoms with E-state index in [1.165, 1.54) is 0 Å². The third-order valence-corrected chi connectivity index (χ3v) is 3.82. The lowest BCUT2D eigenvalue weighted by atomic mass is 10.1. The molecule has 3 N–H and O–H groups in total. The van der Waals surface area contributed by atoms with Crippen LogP contribution in [0.15, 0.2) is 15.1 Å². The molecule has 3 nitrogen and oxygen atoms in total. The van der Waals surface area contributed by atoms with Gasteiger partial charge in [0.1, 0.15) is 0 Å². The predicted octanol–water partition coefficient (Wildman–Crippen LogP) is 2.30. The Morgan fingerprint density at radius 1 is 1.57 bits per heavy atom. The zero-order valence-corrected chi connectivity index (χ0v) is 11.0. The van der Waals surface area contributed by atoms with Crippen LogP contribution in [0, 0.1) is 6.92 Å². The summed E-state index contributed by atoms with van der Waals surface area (Å²) < 4.78 is 1.86. The lowest BCUT2D eigenvalue weighted by Crippen LogP contribution is -2.14. The van der Waals surface area contributed by atoms with Gasteiger partial charge in [-0.1, -0.05) is 0 Å². The van der Waals surface area contributed by atoms with Gasteiger partial charge in [0.2, 0.25) is 0 Å². The molecule has 0 fully saturated rings. The van der Waals surface area contributed by atoms with Crippen LogP contribution >= 0.6 is 31.9 Å². The van der Waals surface area contributed by atoms with Gasteiger partial charge in [-0.25, -0.2) is 0 Å². The number of hydrogen-bond donors (Lipinski definition) is 2. The van der Waals surface area contributed by atoms with Crippen LogP contribution < -0.4 is 5.73 Å². The van der Waals surface area contributed by atoms with E-state index < -0.39 is 0 Å². The van der Waals surface area contributed by atoms with Gasteiger partial charge in [-0.15, -0.1) is 0 Å². The minimum Gasteiger partial charge on any atom is -0.396 e. The maximum atomic E-state index is 8.78. The zero-order valence-electron chi connectivity index (χ0n) is 7.80. The van der Waals surface area contributed by atoms with E-state index in [1.54, 1.807) is 6.20 Å². The van der Waals surface area contributed by atoms with Gasteiger partial charge in [0.25, 0.3) is 0 Å². The minimum absolute atomic E-state index is 0.0738. The predicted molar refractivity (Wildman–Crippen MR) is 63.0 cm³/mol. The first-order valence-corrected chi connectivity index (χ1v) is 5.83. The second-order valence-corrected chi connectivity index (χ2v) is 4.70. The molecule has 5 heteroatoms. The summed E-state index contributed by atoms with van der Waals surface area (Å²) in [6.45, 7) is 2.05. The summed E-state index contributed by atoms with van der Waals surface area (Å²) >= 11 is 6.83. The Bertz CT molecular complexity index is 331. The van der Waals surface area contributed by atoms with E-state index in [-0.39, 0.29) is 12.6 Å². The van der Waals surface area contributed by atoms with Crippen molar-refractivity contribution in [3.63, 3.8) is 0 Å². The average molecular weight is 324 g/mol. The van der Waals surface area contributed by atoms with Crippen molar-refractivity contribution in [1.29, 1.82) is 0 Å². The summed E-state index contributed by atoms with van der Waals surface area (Å²) in [5.41, 5.74) is 7.72. The van der Waals surface area contributed by atoms with Crippen LogP contribution in [0.1, 0.15) is 23.7 Å². The number of aliphatic hydroxyl groups excluding tert-OH is 1. The molecule has 1 aromatic rings. The van der Waals surface area contributed by atoms with Gasteiger partial charge in [-0.2, -0.15) is 0 Å². The van der Waals surface area contributed by atoms with Crippen LogP contribution in [0.25, 0.3) is 0 Å². The molecule has 0 bridgehead atoms. The Morgan fingerprint density at radius 2 is 2.21 bits per heavy atom. The second-order valence-electron chi connectivity index (χ2n) is 3.05. The fourth-order valence-electron chi connectivity index (χ4n) is 1.11. The first kappa shape index (κ1) is 12.1. The molecule has 1 rings (SSSR count). The molecule has 0 saturated carbocycles. The molecule has 0 aromatic carbocycles. The summed E-state index contributed by atoms with van der Waals surface area (Å²) in [7, 11) is 0. The largest absolute Gasteiger partial charge is 0.396 e. The van der Waals surface area contributed by atoms with Gasteiger partial charge in [0.15, 0.2) is 0 Å². The molecule has 0 aliphatic carbocycles. The lowest BCUT2D eigenvalue weighted by molar-refractivity contribution is 0.275. The Labute approximate surface area is 100.0 Å². The van der Waals surface area contributed by atoms with Crippen molar-refractivity contribution in [2.45, 2.75) is 19.4 Å². The van der Waals surface area contributed by atoms with Gasteiger partial charge in [0, 0.05) is 21.7 Å². The minimum atomic E-state index is -0.221. The molecule has 1 heterocycles. The fraction of sp³-hybridized carbons (Fsp3) is 0.444. The highest BCUT2D eigenvalue weighted by Gasteiger charge is 2.13. The van der Waals surface area contributed by atoms with Gasteiger partial charge in [-0.05, 0) is 50.8 Å². The summed E-state index contributed by atoms with van der Waals surface area (Å²) in [5, 5.41) is 8.78. The van der Waals surface area contributed by atoms with Crippen molar-refractivity contribution < 1.29 is 5.11 Å². The number of pyridine rings is 1. The lowest BCUT2D eigenvalue weighted by Gasteiger charge is -2.13. The molecule has 0 aliphatic rings. The molecular weight excluding hydrogens is 312 g/mol. The number of nitrogens with zero attached hydrogens (tertiary/aromatic N) is 1. The summed E-state index contributed by atoms with van der Waals surface area (Å²) in [6, 6.07) is -0.221. The maximum Gasteiger partial charge on any atom is 0.0717 e. The smallest absolute Gasteiger partial charge is 0.0717 e. The molecule has 0 radical (unpaired) electrons. The normalized spacial score (nSPS) is 12.9. The third-order valence-electron chi connectivity index (χ3n) is 2.02. The van der Waals surface area contributed by atoms with E-state index in [0.717, 1.165) is 20.2 Å². The summed E-state index contributed by atoms with van der Waals surface area (Å²) in [6.07, 6.45) is 2.25. The first-order chi connectivity index (χ1) is 6.57. The topological polar surface area (TPSA) is 59.1 Å². The standard InChI is InChI=1S/C9H12Br2N2O/c1-5-6(10)4-13-9(8(5)11)7(12)2-3-14/h4,7,14H,2-3,12H2,1H3/t7-/m1/s1. The van der Waals surface area contributed by atoms with Crippen molar-refractivity contribution in [2.24, 2.45) is 5.73 Å². The van der Waals surface area contributed by atoms with Gasteiger partial charge >= 0.3 is 0 Å². The molecule has 0 aliphatic heterocycles. The van der Waals surface area contributed by atoms with Crippen molar-refractivity contribution in [1.82, 2.24) is 4.98 Å². The van der Waals surface area contributed by atoms with Crippen LogP contribution in [0.2, 0.25) is 0 Å². The summed E-state index contributed by atoms with van der Waals surface area (Å²) in [5.74, 6) is 0. The molecule has 78 valence electrons. The second kappa shape index (κ2) is 5.21. The van der Waals surface area contributed by atoms with E-state index in [4.69, 9.17) is 10.8 Å². The Balaban J connectivity index is 3.04. The molecule has 0 amide bonds. The highest BCUT2D eigenvalue weighted by molar-refractivity contribution is 9.11. The quantitative estimate of drug-likeness (QED) is 0.897. The molecule has 14 heavy (non-hydrogen) atoms. The number of halogens is 2. The molecule has 0 saturated heterocycles. The highest BCUT2D eigenvalue weighted by atomic mass is 79.9. The first-order valence-electron chi connectivity index (χ1n) is 4.24. The average Bonchev–Trinajstić information content (AvgIpc) is 2.15. The number of nitrogens with two attached hydrogens (primary N) is 1. The SMILES string of the molecule is Cc1c(Br)cnc([C@H](N)CCO)c1Br. The number of aromatic nitrogens is 1. The van der Waals surface area contributed by atoms with E-state index in [2.05, 4.69) is 36.8 Å².